The predicted octanol–water partition coefficient (Wildman–Crippen LogP) is 2.75. The number of benzene rings is 1. The topological polar surface area (TPSA) is 49.4 Å². The molecular weight excluding hydrogens is 339 g/mol. The standard InChI is InChI=1S/C15H16BrFN2O2/c1-9-13(20)18-15(6-2-3-7-15)14(21)19(9)12-5-4-10(17)8-11(12)16/h4-5,8-9H,2-3,6-7H2,1H3,(H,18,20). The van der Waals surface area contributed by atoms with E-state index >= 15 is 0 Å². The first kappa shape index (κ1) is 14.5. The number of amides is 2. The molecule has 1 aliphatic heterocycles. The van der Waals surface area contributed by atoms with Crippen molar-refractivity contribution in [3.05, 3.63) is 28.5 Å². The highest BCUT2D eigenvalue weighted by atomic mass is 79.9. The molecule has 2 aliphatic rings. The minimum atomic E-state index is -0.780. The zero-order valence-electron chi connectivity index (χ0n) is 11.7. The number of carbonyl (C=O) groups excluding carboxylic acids is 2. The Morgan fingerprint density at radius 1 is 1.33 bits per heavy atom. The van der Waals surface area contributed by atoms with Crippen LogP contribution in [0.5, 0.6) is 0 Å². The molecule has 21 heavy (non-hydrogen) atoms. The van der Waals surface area contributed by atoms with Crippen LogP contribution in [0.1, 0.15) is 32.6 Å². The molecule has 6 heteroatoms. The van der Waals surface area contributed by atoms with Crippen molar-refractivity contribution in [2.75, 3.05) is 4.90 Å². The third-order valence-corrected chi connectivity index (χ3v) is 5.02. The van der Waals surface area contributed by atoms with Gasteiger partial charge in [-0.1, -0.05) is 12.8 Å². The number of rotatable bonds is 1. The molecule has 1 aromatic carbocycles. The summed E-state index contributed by atoms with van der Waals surface area (Å²) in [7, 11) is 0. The summed E-state index contributed by atoms with van der Waals surface area (Å²) in [4.78, 5) is 26.7. The number of piperazine rings is 1. The summed E-state index contributed by atoms with van der Waals surface area (Å²) in [6.45, 7) is 1.69. The van der Waals surface area contributed by atoms with Gasteiger partial charge in [-0.3, -0.25) is 14.5 Å². The van der Waals surface area contributed by atoms with Crippen LogP contribution in [0, 0.1) is 5.82 Å². The zero-order valence-corrected chi connectivity index (χ0v) is 13.2. The second kappa shape index (κ2) is 5.09. The predicted molar refractivity (Wildman–Crippen MR) is 80.4 cm³/mol. The largest absolute Gasteiger partial charge is 0.340 e. The minimum absolute atomic E-state index is 0.0978. The molecule has 1 N–H and O–H groups in total. The Hall–Kier alpha value is -1.43. The molecule has 0 radical (unpaired) electrons. The quantitative estimate of drug-likeness (QED) is 0.842. The number of hydrogen-bond acceptors (Lipinski definition) is 2. The molecule has 1 heterocycles. The Labute approximate surface area is 130 Å². The molecule has 0 bridgehead atoms. The second-order valence-corrected chi connectivity index (χ2v) is 6.58. The Morgan fingerprint density at radius 3 is 2.62 bits per heavy atom. The molecule has 2 fully saturated rings. The van der Waals surface area contributed by atoms with Crippen molar-refractivity contribution in [1.82, 2.24) is 5.32 Å². The Balaban J connectivity index is 2.05. The molecule has 2 amide bonds. The van der Waals surface area contributed by atoms with Gasteiger partial charge in [-0.2, -0.15) is 0 Å². The van der Waals surface area contributed by atoms with Crippen molar-refractivity contribution >= 4 is 33.4 Å². The summed E-state index contributed by atoms with van der Waals surface area (Å²) < 4.78 is 13.7. The Bertz CT molecular complexity index is 614. The van der Waals surface area contributed by atoms with Crippen LogP contribution in [0.25, 0.3) is 0 Å². The van der Waals surface area contributed by atoms with Gasteiger partial charge in [0.25, 0.3) is 5.91 Å². The molecule has 1 unspecified atom stereocenters. The first-order valence-electron chi connectivity index (χ1n) is 7.05. The lowest BCUT2D eigenvalue weighted by Gasteiger charge is -2.43. The van der Waals surface area contributed by atoms with Gasteiger partial charge in [-0.05, 0) is 53.9 Å². The van der Waals surface area contributed by atoms with E-state index in [0.717, 1.165) is 12.8 Å². The molecule has 4 nitrogen and oxygen atoms in total. The molecule has 1 aromatic rings. The molecule has 0 aromatic heterocycles. The van der Waals surface area contributed by atoms with Crippen molar-refractivity contribution < 1.29 is 14.0 Å². The van der Waals surface area contributed by atoms with E-state index in [1.165, 1.54) is 23.1 Å². The smallest absolute Gasteiger partial charge is 0.253 e. The fourth-order valence-electron chi connectivity index (χ4n) is 3.23. The second-order valence-electron chi connectivity index (χ2n) is 5.73. The molecule has 112 valence electrons. The average molecular weight is 355 g/mol. The summed E-state index contributed by atoms with van der Waals surface area (Å²) in [5, 5.41) is 2.90. The van der Waals surface area contributed by atoms with Crippen LogP contribution in [-0.2, 0) is 9.59 Å². The Morgan fingerprint density at radius 2 is 2.00 bits per heavy atom. The van der Waals surface area contributed by atoms with E-state index in [-0.39, 0.29) is 17.6 Å². The third kappa shape index (κ3) is 2.25. The van der Waals surface area contributed by atoms with E-state index in [1.54, 1.807) is 6.92 Å². The van der Waals surface area contributed by atoms with E-state index < -0.39 is 11.6 Å². The highest BCUT2D eigenvalue weighted by Gasteiger charge is 2.51. The number of nitrogens with zero attached hydrogens (tertiary/aromatic N) is 1. The molecule has 1 spiro atoms. The summed E-state index contributed by atoms with van der Waals surface area (Å²) in [5.41, 5.74) is -0.243. The van der Waals surface area contributed by atoms with Gasteiger partial charge in [0, 0.05) is 4.47 Å². The van der Waals surface area contributed by atoms with Crippen LogP contribution >= 0.6 is 15.9 Å². The number of hydrogen-bond donors (Lipinski definition) is 1. The van der Waals surface area contributed by atoms with Gasteiger partial charge < -0.3 is 5.32 Å². The van der Waals surface area contributed by atoms with E-state index in [1.807, 2.05) is 0 Å². The summed E-state index contributed by atoms with van der Waals surface area (Å²) >= 11 is 3.29. The van der Waals surface area contributed by atoms with Gasteiger partial charge in [0.15, 0.2) is 0 Å². The van der Waals surface area contributed by atoms with Crippen LogP contribution in [0.4, 0.5) is 10.1 Å². The van der Waals surface area contributed by atoms with Crippen molar-refractivity contribution in [2.24, 2.45) is 0 Å². The van der Waals surface area contributed by atoms with Gasteiger partial charge >= 0.3 is 0 Å². The van der Waals surface area contributed by atoms with E-state index in [4.69, 9.17) is 0 Å². The molecule has 1 atom stereocenters. The van der Waals surface area contributed by atoms with E-state index in [0.29, 0.717) is 23.0 Å². The first-order chi connectivity index (χ1) is 9.94. The minimum Gasteiger partial charge on any atom is -0.340 e. The SMILES string of the molecule is CC1C(=O)NC2(CCCC2)C(=O)N1c1ccc(F)cc1Br. The molecular formula is C15H16BrFN2O2. The van der Waals surface area contributed by atoms with E-state index in [9.17, 15) is 14.0 Å². The lowest BCUT2D eigenvalue weighted by atomic mass is 9.90. The highest BCUT2D eigenvalue weighted by molar-refractivity contribution is 9.10. The van der Waals surface area contributed by atoms with E-state index in [2.05, 4.69) is 21.2 Å². The van der Waals surface area contributed by atoms with Crippen molar-refractivity contribution in [1.29, 1.82) is 0 Å². The van der Waals surface area contributed by atoms with Crippen LogP contribution < -0.4 is 10.2 Å². The molecule has 1 saturated carbocycles. The fraction of sp³-hybridized carbons (Fsp3) is 0.467. The Kier molecular flexibility index (Phi) is 3.51. The number of anilines is 1. The van der Waals surface area contributed by atoms with Gasteiger partial charge in [0.05, 0.1) is 5.69 Å². The van der Waals surface area contributed by atoms with Gasteiger partial charge in [0.2, 0.25) is 5.91 Å². The third-order valence-electron chi connectivity index (χ3n) is 4.38. The lowest BCUT2D eigenvalue weighted by molar-refractivity contribution is -0.137. The van der Waals surface area contributed by atoms with Crippen LogP contribution in [0.3, 0.4) is 0 Å². The van der Waals surface area contributed by atoms with Crippen molar-refractivity contribution in [3.8, 4) is 0 Å². The van der Waals surface area contributed by atoms with Crippen LogP contribution in [-0.4, -0.2) is 23.4 Å². The number of carbonyl (C=O) groups is 2. The van der Waals surface area contributed by atoms with Crippen molar-refractivity contribution in [2.45, 2.75) is 44.2 Å². The van der Waals surface area contributed by atoms with Gasteiger partial charge in [-0.25, -0.2) is 4.39 Å². The van der Waals surface area contributed by atoms with Crippen molar-refractivity contribution in [3.63, 3.8) is 0 Å². The lowest BCUT2D eigenvalue weighted by Crippen LogP contribution is -2.69. The monoisotopic (exact) mass is 354 g/mol. The summed E-state index contributed by atoms with van der Waals surface area (Å²) in [6.07, 6.45) is 3.19. The average Bonchev–Trinajstić information content (AvgIpc) is 2.89. The zero-order chi connectivity index (χ0) is 15.2. The number of halogens is 2. The highest BCUT2D eigenvalue weighted by Crippen LogP contribution is 2.38. The normalized spacial score (nSPS) is 24.5. The van der Waals surface area contributed by atoms with Crippen LogP contribution in [0.2, 0.25) is 0 Å². The van der Waals surface area contributed by atoms with Gasteiger partial charge in [-0.15, -0.1) is 0 Å². The maximum Gasteiger partial charge on any atom is 0.253 e. The van der Waals surface area contributed by atoms with Gasteiger partial charge in [0.1, 0.15) is 17.4 Å². The first-order valence-corrected chi connectivity index (χ1v) is 7.85. The maximum atomic E-state index is 13.3. The molecule has 3 rings (SSSR count). The molecule has 1 saturated heterocycles. The maximum absolute atomic E-state index is 13.3. The van der Waals surface area contributed by atoms with Crippen LogP contribution in [0.15, 0.2) is 22.7 Å². The molecule has 1 aliphatic carbocycles. The fourth-order valence-corrected chi connectivity index (χ4v) is 3.77. The number of nitrogens with one attached hydrogen (secondary N) is 1. The summed E-state index contributed by atoms with van der Waals surface area (Å²) in [6, 6.07) is 3.54. The summed E-state index contributed by atoms with van der Waals surface area (Å²) in [5.74, 6) is -0.644.